The summed E-state index contributed by atoms with van der Waals surface area (Å²) in [6, 6.07) is -0.0194. The molecule has 2 aliphatic heterocycles. The average Bonchev–Trinajstić information content (AvgIpc) is 2.97. The number of carbonyl (C=O) groups excluding carboxylic acids is 2. The van der Waals surface area contributed by atoms with Crippen LogP contribution in [0.1, 0.15) is 43.7 Å². The molecule has 0 bridgehead atoms. The van der Waals surface area contributed by atoms with Gasteiger partial charge in [0.1, 0.15) is 5.82 Å². The van der Waals surface area contributed by atoms with Gasteiger partial charge in [-0.2, -0.15) is 0 Å². The lowest BCUT2D eigenvalue weighted by Gasteiger charge is -2.38. The molecule has 3 aliphatic rings. The van der Waals surface area contributed by atoms with Crippen LogP contribution in [-0.2, 0) is 27.3 Å². The van der Waals surface area contributed by atoms with Crippen LogP contribution in [0.5, 0.6) is 0 Å². The topological polar surface area (TPSA) is 67.7 Å². The molecule has 7 heteroatoms. The number of amides is 2. The molecule has 1 saturated carbocycles. The highest BCUT2D eigenvalue weighted by Gasteiger charge is 2.35. The van der Waals surface area contributed by atoms with Gasteiger partial charge in [-0.05, 0) is 19.8 Å². The van der Waals surface area contributed by atoms with Gasteiger partial charge in [-0.1, -0.05) is 6.42 Å². The van der Waals surface area contributed by atoms with Crippen molar-refractivity contribution in [2.45, 2.75) is 45.2 Å². The molecular weight excluding hydrogens is 320 g/mol. The number of rotatable bonds is 3. The predicted molar refractivity (Wildman–Crippen MR) is 90.8 cm³/mol. The summed E-state index contributed by atoms with van der Waals surface area (Å²) >= 11 is 0. The fraction of sp³-hybridized carbons (Fsp3) is 0.722. The number of carbonyl (C=O) groups is 2. The van der Waals surface area contributed by atoms with E-state index in [4.69, 9.17) is 9.72 Å². The lowest BCUT2D eigenvalue weighted by Crippen LogP contribution is -2.45. The van der Waals surface area contributed by atoms with Crippen LogP contribution >= 0.6 is 0 Å². The maximum Gasteiger partial charge on any atom is 0.228 e. The van der Waals surface area contributed by atoms with Crippen LogP contribution in [0.3, 0.4) is 0 Å². The van der Waals surface area contributed by atoms with Crippen LogP contribution in [-0.4, -0.2) is 64.0 Å². The Kier molecular flexibility index (Phi) is 4.50. The smallest absolute Gasteiger partial charge is 0.228 e. The molecule has 0 radical (unpaired) electrons. The van der Waals surface area contributed by atoms with E-state index < -0.39 is 0 Å². The third-order valence-electron chi connectivity index (χ3n) is 5.71. The van der Waals surface area contributed by atoms with Crippen molar-refractivity contribution in [3.63, 3.8) is 0 Å². The van der Waals surface area contributed by atoms with Crippen molar-refractivity contribution in [1.82, 2.24) is 19.4 Å². The highest BCUT2D eigenvalue weighted by Crippen LogP contribution is 2.33. The number of imidazole rings is 1. The van der Waals surface area contributed by atoms with Gasteiger partial charge < -0.3 is 19.1 Å². The summed E-state index contributed by atoms with van der Waals surface area (Å²) in [5.74, 6) is 1.50. The Morgan fingerprint density at radius 1 is 1.20 bits per heavy atom. The summed E-state index contributed by atoms with van der Waals surface area (Å²) in [5, 5.41) is 0. The molecule has 2 fully saturated rings. The molecule has 0 aromatic carbocycles. The van der Waals surface area contributed by atoms with Crippen molar-refractivity contribution in [2.24, 2.45) is 5.92 Å². The van der Waals surface area contributed by atoms with Crippen molar-refractivity contribution < 1.29 is 14.3 Å². The van der Waals surface area contributed by atoms with Crippen molar-refractivity contribution in [2.75, 3.05) is 32.8 Å². The lowest BCUT2D eigenvalue weighted by atomic mass is 9.84. The van der Waals surface area contributed by atoms with Crippen LogP contribution in [0.15, 0.2) is 6.20 Å². The first-order valence-corrected chi connectivity index (χ1v) is 9.35. The largest absolute Gasteiger partial charge is 0.378 e. The van der Waals surface area contributed by atoms with E-state index in [1.54, 1.807) is 0 Å². The minimum atomic E-state index is -0.0194. The Labute approximate surface area is 147 Å². The van der Waals surface area contributed by atoms with Crippen LogP contribution in [0.2, 0.25) is 0 Å². The third-order valence-corrected chi connectivity index (χ3v) is 5.71. The molecule has 7 nitrogen and oxygen atoms in total. The van der Waals surface area contributed by atoms with Crippen molar-refractivity contribution in [3.8, 4) is 0 Å². The molecule has 0 unspecified atom stereocenters. The summed E-state index contributed by atoms with van der Waals surface area (Å²) < 4.78 is 7.41. The van der Waals surface area contributed by atoms with Crippen LogP contribution in [0, 0.1) is 5.92 Å². The molecule has 136 valence electrons. The minimum absolute atomic E-state index is 0.0194. The Hall–Kier alpha value is -1.89. The van der Waals surface area contributed by atoms with E-state index in [2.05, 4.69) is 4.57 Å². The van der Waals surface area contributed by atoms with Gasteiger partial charge in [-0.25, -0.2) is 4.98 Å². The highest BCUT2D eigenvalue weighted by atomic mass is 16.5. The fourth-order valence-electron chi connectivity index (χ4n) is 3.90. The van der Waals surface area contributed by atoms with Crippen LogP contribution in [0.25, 0.3) is 0 Å². The van der Waals surface area contributed by atoms with E-state index in [-0.39, 0.29) is 23.8 Å². The predicted octanol–water partition coefficient (Wildman–Crippen LogP) is 0.988. The van der Waals surface area contributed by atoms with Crippen molar-refractivity contribution >= 4 is 11.8 Å². The van der Waals surface area contributed by atoms with Gasteiger partial charge in [0.15, 0.2) is 0 Å². The highest BCUT2D eigenvalue weighted by molar-refractivity contribution is 5.80. The SMILES string of the molecule is C[C@@H]1c2nc(CC(=O)N3CCOCC3)cn2CCN1C(=O)C1CCC1. The Morgan fingerprint density at radius 3 is 2.64 bits per heavy atom. The maximum atomic E-state index is 12.6. The summed E-state index contributed by atoms with van der Waals surface area (Å²) in [6.45, 7) is 6.08. The van der Waals surface area contributed by atoms with Gasteiger partial charge >= 0.3 is 0 Å². The second-order valence-corrected chi connectivity index (χ2v) is 7.29. The van der Waals surface area contributed by atoms with Gasteiger partial charge in [0, 0.05) is 38.3 Å². The zero-order chi connectivity index (χ0) is 17.4. The normalized spacial score (nSPS) is 24.0. The first-order valence-electron chi connectivity index (χ1n) is 9.35. The Morgan fingerprint density at radius 2 is 1.96 bits per heavy atom. The second kappa shape index (κ2) is 6.78. The number of hydrogen-bond acceptors (Lipinski definition) is 4. The molecule has 0 N–H and O–H groups in total. The Bertz CT molecular complexity index is 661. The third kappa shape index (κ3) is 3.17. The monoisotopic (exact) mass is 346 g/mol. The van der Waals surface area contributed by atoms with Crippen LogP contribution in [0.4, 0.5) is 0 Å². The summed E-state index contributed by atoms with van der Waals surface area (Å²) in [6.07, 6.45) is 5.52. The van der Waals surface area contributed by atoms with Gasteiger partial charge in [0.05, 0.1) is 31.4 Å². The van der Waals surface area contributed by atoms with Crippen molar-refractivity contribution in [3.05, 3.63) is 17.7 Å². The number of nitrogens with zero attached hydrogens (tertiary/aromatic N) is 4. The molecule has 1 aromatic rings. The molecule has 1 saturated heterocycles. The van der Waals surface area contributed by atoms with E-state index in [1.807, 2.05) is 22.9 Å². The summed E-state index contributed by atoms with van der Waals surface area (Å²) in [5.41, 5.74) is 0.802. The fourth-order valence-corrected chi connectivity index (χ4v) is 3.90. The molecule has 1 aliphatic carbocycles. The van der Waals surface area contributed by atoms with E-state index in [0.29, 0.717) is 32.7 Å². The Balaban J connectivity index is 1.44. The maximum absolute atomic E-state index is 12.6. The average molecular weight is 346 g/mol. The van der Waals surface area contributed by atoms with E-state index in [1.165, 1.54) is 6.42 Å². The number of ether oxygens (including phenoxy) is 1. The second-order valence-electron chi connectivity index (χ2n) is 7.29. The molecular formula is C18H26N4O3. The standard InChI is InChI=1S/C18H26N4O3/c1-13-17-19-15(11-16(23)20-7-9-25-10-8-20)12-21(17)5-6-22(13)18(24)14-3-2-4-14/h12-14H,2-11H2,1H3/t13-/m1/s1. The molecule has 1 atom stereocenters. The first-order chi connectivity index (χ1) is 12.1. The summed E-state index contributed by atoms with van der Waals surface area (Å²) in [7, 11) is 0. The molecule has 0 spiro atoms. The zero-order valence-corrected chi connectivity index (χ0v) is 14.8. The van der Waals surface area contributed by atoms with Crippen LogP contribution < -0.4 is 0 Å². The lowest BCUT2D eigenvalue weighted by molar-refractivity contribution is -0.141. The van der Waals surface area contributed by atoms with Gasteiger partial charge in [0.2, 0.25) is 11.8 Å². The molecule has 1 aromatic heterocycles. The van der Waals surface area contributed by atoms with Gasteiger partial charge in [0.25, 0.3) is 0 Å². The minimum Gasteiger partial charge on any atom is -0.378 e. The molecule has 4 rings (SSSR count). The first kappa shape index (κ1) is 16.6. The number of morpholine rings is 1. The number of hydrogen-bond donors (Lipinski definition) is 0. The quantitative estimate of drug-likeness (QED) is 0.818. The number of fused-ring (bicyclic) bond motifs is 1. The van der Waals surface area contributed by atoms with Crippen molar-refractivity contribution in [1.29, 1.82) is 0 Å². The van der Waals surface area contributed by atoms with E-state index >= 15 is 0 Å². The molecule has 3 heterocycles. The van der Waals surface area contributed by atoms with E-state index in [0.717, 1.165) is 37.4 Å². The zero-order valence-electron chi connectivity index (χ0n) is 14.8. The molecule has 25 heavy (non-hydrogen) atoms. The molecule has 2 amide bonds. The van der Waals surface area contributed by atoms with Gasteiger partial charge in [-0.3, -0.25) is 9.59 Å². The van der Waals surface area contributed by atoms with E-state index in [9.17, 15) is 9.59 Å². The summed E-state index contributed by atoms with van der Waals surface area (Å²) in [4.78, 5) is 33.5. The number of aromatic nitrogens is 2. The van der Waals surface area contributed by atoms with Gasteiger partial charge in [-0.15, -0.1) is 0 Å².